The molecule has 3 heterocycles. The van der Waals surface area contributed by atoms with E-state index in [4.69, 9.17) is 18.7 Å². The summed E-state index contributed by atoms with van der Waals surface area (Å²) in [6.07, 6.45) is 2.85. The van der Waals surface area contributed by atoms with Crippen molar-refractivity contribution in [2.24, 2.45) is 5.41 Å². The molecule has 0 N–H and O–H groups in total. The number of nitrogens with zero attached hydrogens (tertiary/aromatic N) is 3. The van der Waals surface area contributed by atoms with Gasteiger partial charge in [0.05, 0.1) is 0 Å². The first-order valence-electron chi connectivity index (χ1n) is 9.51. The van der Waals surface area contributed by atoms with Crippen molar-refractivity contribution in [3.63, 3.8) is 0 Å². The first-order valence-corrected chi connectivity index (χ1v) is 9.51. The van der Waals surface area contributed by atoms with Gasteiger partial charge in [-0.15, -0.1) is 0 Å². The largest absolute Gasteiger partial charge is 0.454 e. The number of ether oxygens (including phenoxy) is 3. The fourth-order valence-corrected chi connectivity index (χ4v) is 3.90. The fourth-order valence-electron chi connectivity index (χ4n) is 3.90. The summed E-state index contributed by atoms with van der Waals surface area (Å²) < 4.78 is 21.1. The topological polar surface area (TPSA) is 86.9 Å². The molecule has 8 heteroatoms. The first kappa shape index (κ1) is 18.7. The average molecular weight is 387 g/mol. The van der Waals surface area contributed by atoms with E-state index in [0.29, 0.717) is 44.3 Å². The van der Waals surface area contributed by atoms with E-state index in [9.17, 15) is 4.79 Å². The number of hydrogen-bond acceptors (Lipinski definition) is 7. The van der Waals surface area contributed by atoms with Crippen LogP contribution in [0.15, 0.2) is 22.7 Å². The molecule has 1 aromatic carbocycles. The molecule has 4 rings (SSSR count). The number of aromatic nitrogens is 2. The van der Waals surface area contributed by atoms with Crippen molar-refractivity contribution in [1.29, 1.82) is 0 Å². The van der Waals surface area contributed by atoms with Crippen LogP contribution in [0.25, 0.3) is 0 Å². The van der Waals surface area contributed by atoms with Crippen molar-refractivity contribution in [1.82, 2.24) is 15.0 Å². The van der Waals surface area contributed by atoms with Gasteiger partial charge < -0.3 is 23.6 Å². The van der Waals surface area contributed by atoms with Gasteiger partial charge in [0, 0.05) is 33.0 Å². The lowest BCUT2D eigenvalue weighted by Gasteiger charge is -2.40. The van der Waals surface area contributed by atoms with E-state index in [-0.39, 0.29) is 18.1 Å². The molecule has 2 aromatic rings. The Balaban J connectivity index is 1.38. The molecular weight excluding hydrogens is 362 g/mol. The number of carbonyl (C=O) groups is 1. The van der Waals surface area contributed by atoms with Crippen LogP contribution in [0.3, 0.4) is 0 Å². The van der Waals surface area contributed by atoms with Crippen LogP contribution in [0, 0.1) is 5.41 Å². The maximum absolute atomic E-state index is 12.4. The minimum Gasteiger partial charge on any atom is -0.454 e. The molecule has 0 radical (unpaired) electrons. The van der Waals surface area contributed by atoms with Gasteiger partial charge >= 0.3 is 0 Å². The Kier molecular flexibility index (Phi) is 5.21. The predicted octanol–water partition coefficient (Wildman–Crippen LogP) is 2.36. The van der Waals surface area contributed by atoms with Gasteiger partial charge in [-0.2, -0.15) is 4.98 Å². The standard InChI is InChI=1S/C20H25N3O5/c1-20(10-14-3-4-15-16(9-14)27-13-26-15)7-5-19(24)23(12-20)8-6-18-21-17(11-25-2)22-28-18/h3-4,9H,5-8,10-13H2,1-2H3/t20-/m0/s1. The second-order valence-corrected chi connectivity index (χ2v) is 7.78. The first-order chi connectivity index (χ1) is 13.5. The molecule has 8 nitrogen and oxygen atoms in total. The number of methoxy groups -OCH3 is 1. The molecule has 2 aliphatic heterocycles. The summed E-state index contributed by atoms with van der Waals surface area (Å²) >= 11 is 0. The van der Waals surface area contributed by atoms with Gasteiger partial charge in [-0.3, -0.25) is 4.79 Å². The normalized spacial score (nSPS) is 21.4. The van der Waals surface area contributed by atoms with Crippen LogP contribution in [0.1, 0.15) is 37.0 Å². The smallest absolute Gasteiger partial charge is 0.231 e. The number of hydrogen-bond donors (Lipinski definition) is 0. The van der Waals surface area contributed by atoms with Gasteiger partial charge in [-0.25, -0.2) is 0 Å². The average Bonchev–Trinajstić information content (AvgIpc) is 3.32. The Morgan fingerprint density at radius 2 is 2.14 bits per heavy atom. The van der Waals surface area contributed by atoms with Gasteiger partial charge in [0.1, 0.15) is 6.61 Å². The van der Waals surface area contributed by atoms with Crippen LogP contribution in [0.2, 0.25) is 0 Å². The zero-order chi connectivity index (χ0) is 19.6. The summed E-state index contributed by atoms with van der Waals surface area (Å²) in [6, 6.07) is 6.08. The number of piperidine rings is 1. The number of benzene rings is 1. The van der Waals surface area contributed by atoms with Crippen LogP contribution in [0.5, 0.6) is 11.5 Å². The maximum Gasteiger partial charge on any atom is 0.231 e. The van der Waals surface area contributed by atoms with Gasteiger partial charge in [-0.1, -0.05) is 18.1 Å². The highest BCUT2D eigenvalue weighted by atomic mass is 16.7. The van der Waals surface area contributed by atoms with E-state index < -0.39 is 0 Å². The Labute approximate surface area is 163 Å². The molecule has 0 bridgehead atoms. The second-order valence-electron chi connectivity index (χ2n) is 7.78. The SMILES string of the molecule is COCc1noc(CCN2C[C@](C)(Cc3ccc4c(c3)OCO4)CCC2=O)n1. The zero-order valence-electron chi connectivity index (χ0n) is 16.3. The zero-order valence-corrected chi connectivity index (χ0v) is 16.3. The molecule has 28 heavy (non-hydrogen) atoms. The molecular formula is C20H25N3O5. The second kappa shape index (κ2) is 7.79. The Bertz CT molecular complexity index is 852. The molecule has 0 aliphatic carbocycles. The monoisotopic (exact) mass is 387 g/mol. The van der Waals surface area contributed by atoms with E-state index in [2.05, 4.69) is 23.1 Å². The van der Waals surface area contributed by atoms with Crippen LogP contribution in [-0.2, 0) is 29.0 Å². The summed E-state index contributed by atoms with van der Waals surface area (Å²) in [5.41, 5.74) is 1.21. The molecule has 150 valence electrons. The van der Waals surface area contributed by atoms with E-state index >= 15 is 0 Å². The Hall–Kier alpha value is -2.61. The minimum absolute atomic E-state index is 0.0116. The highest BCUT2D eigenvalue weighted by molar-refractivity contribution is 5.77. The molecule has 1 aromatic heterocycles. The summed E-state index contributed by atoms with van der Waals surface area (Å²) in [7, 11) is 1.59. The fraction of sp³-hybridized carbons (Fsp3) is 0.550. The van der Waals surface area contributed by atoms with E-state index in [1.165, 1.54) is 5.56 Å². The van der Waals surface area contributed by atoms with Crippen molar-refractivity contribution in [3.05, 3.63) is 35.5 Å². The summed E-state index contributed by atoms with van der Waals surface area (Å²) in [6.45, 7) is 4.11. The number of fused-ring (bicyclic) bond motifs is 1. The predicted molar refractivity (Wildman–Crippen MR) is 98.9 cm³/mol. The highest BCUT2D eigenvalue weighted by Crippen LogP contribution is 2.37. The number of rotatable bonds is 7. The number of amides is 1. The number of likely N-dealkylation sites (tertiary alicyclic amines) is 1. The van der Waals surface area contributed by atoms with E-state index in [1.807, 2.05) is 17.0 Å². The van der Waals surface area contributed by atoms with Crippen molar-refractivity contribution in [3.8, 4) is 11.5 Å². The molecule has 0 spiro atoms. The molecule has 2 aliphatic rings. The quantitative estimate of drug-likeness (QED) is 0.721. The van der Waals surface area contributed by atoms with Crippen LogP contribution >= 0.6 is 0 Å². The summed E-state index contributed by atoms with van der Waals surface area (Å²) in [5.74, 6) is 2.83. The van der Waals surface area contributed by atoms with Crippen LogP contribution < -0.4 is 9.47 Å². The molecule has 0 unspecified atom stereocenters. The third-order valence-electron chi connectivity index (χ3n) is 5.31. The van der Waals surface area contributed by atoms with E-state index in [1.54, 1.807) is 7.11 Å². The van der Waals surface area contributed by atoms with Gasteiger partial charge in [0.15, 0.2) is 17.3 Å². The lowest BCUT2D eigenvalue weighted by Crippen LogP contribution is -2.46. The molecule has 1 amide bonds. The highest BCUT2D eigenvalue weighted by Gasteiger charge is 2.35. The Morgan fingerprint density at radius 3 is 3.00 bits per heavy atom. The molecule has 0 saturated carbocycles. The van der Waals surface area contributed by atoms with Crippen LogP contribution in [0.4, 0.5) is 0 Å². The van der Waals surface area contributed by atoms with Gasteiger partial charge in [0.2, 0.25) is 18.6 Å². The number of carbonyl (C=O) groups excluding carboxylic acids is 1. The Morgan fingerprint density at radius 1 is 1.29 bits per heavy atom. The molecule has 1 fully saturated rings. The summed E-state index contributed by atoms with van der Waals surface area (Å²) in [5, 5.41) is 3.87. The van der Waals surface area contributed by atoms with Gasteiger partial charge in [-0.05, 0) is 36.0 Å². The lowest BCUT2D eigenvalue weighted by atomic mass is 9.76. The van der Waals surface area contributed by atoms with Crippen molar-refractivity contribution >= 4 is 5.91 Å². The van der Waals surface area contributed by atoms with Crippen LogP contribution in [-0.4, -0.2) is 47.9 Å². The van der Waals surface area contributed by atoms with Crippen molar-refractivity contribution in [2.45, 2.75) is 39.2 Å². The summed E-state index contributed by atoms with van der Waals surface area (Å²) in [4.78, 5) is 18.6. The minimum atomic E-state index is 0.0116. The lowest BCUT2D eigenvalue weighted by molar-refractivity contribution is -0.137. The van der Waals surface area contributed by atoms with Gasteiger partial charge in [0.25, 0.3) is 0 Å². The molecule has 1 atom stereocenters. The third-order valence-corrected chi connectivity index (χ3v) is 5.31. The van der Waals surface area contributed by atoms with Crippen molar-refractivity contribution in [2.75, 3.05) is 27.0 Å². The molecule has 1 saturated heterocycles. The van der Waals surface area contributed by atoms with E-state index in [0.717, 1.165) is 24.3 Å². The van der Waals surface area contributed by atoms with Crippen molar-refractivity contribution < 1.29 is 23.5 Å². The maximum atomic E-state index is 12.4. The third kappa shape index (κ3) is 4.11.